The molecule has 0 bridgehead atoms. The molecule has 1 fully saturated rings. The Morgan fingerprint density at radius 3 is 2.58 bits per heavy atom. The predicted molar refractivity (Wildman–Crippen MR) is 131 cm³/mol. The van der Waals surface area contributed by atoms with Crippen LogP contribution in [0.5, 0.6) is 5.75 Å². The van der Waals surface area contributed by atoms with Crippen molar-refractivity contribution in [2.45, 2.75) is 36.2 Å². The average molecular weight is 526 g/mol. The molecule has 0 aliphatic carbocycles. The van der Waals surface area contributed by atoms with Gasteiger partial charge in [0.1, 0.15) is 10.1 Å². The quantitative estimate of drug-likeness (QED) is 0.154. The minimum Gasteiger partial charge on any atom is -0.466 e. The van der Waals surface area contributed by atoms with E-state index in [1.807, 2.05) is 6.92 Å². The molecule has 0 spiro atoms. The molecule has 0 saturated carbocycles. The first kappa shape index (κ1) is 26.2. The number of alkyl halides is 3. The van der Waals surface area contributed by atoms with E-state index in [0.717, 1.165) is 5.56 Å². The Balaban J connectivity index is 2.06. The molecule has 0 aromatic heterocycles. The summed E-state index contributed by atoms with van der Waals surface area (Å²) >= 11 is 24.4. The number of methoxy groups -OCH3 is 1. The standard InChI is InChI=1S/C20H23Cl3N2O4S2/c1-3-5-16(26)24-18(20(21,22)23)29-14-8-6-13(7-9-14)12-15-17(27)25(19(30)31-15)10-4-11-28-2/h6-9,12,18H,3-5,10-11H2,1-2H3,(H,24,26)/b15-12-. The lowest BCUT2D eigenvalue weighted by Crippen LogP contribution is -2.47. The van der Waals surface area contributed by atoms with E-state index in [1.54, 1.807) is 42.4 Å². The van der Waals surface area contributed by atoms with E-state index in [4.69, 9.17) is 56.5 Å². The smallest absolute Gasteiger partial charge is 0.266 e. The number of benzene rings is 1. The van der Waals surface area contributed by atoms with Crippen molar-refractivity contribution in [1.82, 2.24) is 10.2 Å². The molecule has 1 heterocycles. The number of ether oxygens (including phenoxy) is 2. The van der Waals surface area contributed by atoms with E-state index < -0.39 is 10.0 Å². The predicted octanol–water partition coefficient (Wildman–Crippen LogP) is 4.92. The van der Waals surface area contributed by atoms with E-state index in [9.17, 15) is 9.59 Å². The Morgan fingerprint density at radius 1 is 1.32 bits per heavy atom. The third kappa shape index (κ3) is 8.11. The summed E-state index contributed by atoms with van der Waals surface area (Å²) in [6.45, 7) is 2.95. The molecule has 6 nitrogen and oxygen atoms in total. The highest BCUT2D eigenvalue weighted by molar-refractivity contribution is 8.26. The minimum atomic E-state index is -1.85. The van der Waals surface area contributed by atoms with Crippen LogP contribution in [-0.2, 0) is 14.3 Å². The number of thioether (sulfide) groups is 1. The van der Waals surface area contributed by atoms with E-state index in [0.29, 0.717) is 47.4 Å². The van der Waals surface area contributed by atoms with Crippen LogP contribution in [0.25, 0.3) is 6.08 Å². The highest BCUT2D eigenvalue weighted by Gasteiger charge is 2.36. The van der Waals surface area contributed by atoms with E-state index in [1.165, 1.54) is 11.8 Å². The number of halogens is 3. The third-order valence-corrected chi connectivity index (χ3v) is 6.07. The van der Waals surface area contributed by atoms with Crippen molar-refractivity contribution in [3.63, 3.8) is 0 Å². The maximum absolute atomic E-state index is 12.6. The van der Waals surface area contributed by atoms with Gasteiger partial charge in [0.05, 0.1) is 4.91 Å². The van der Waals surface area contributed by atoms with Gasteiger partial charge in [-0.25, -0.2) is 0 Å². The second kappa shape index (κ2) is 12.3. The maximum atomic E-state index is 12.6. The Morgan fingerprint density at radius 2 is 2.00 bits per heavy atom. The highest BCUT2D eigenvalue weighted by Crippen LogP contribution is 2.34. The molecule has 1 N–H and O–H groups in total. The number of amides is 2. The van der Waals surface area contributed by atoms with Crippen molar-refractivity contribution >= 4 is 81.0 Å². The molecule has 1 saturated heterocycles. The van der Waals surface area contributed by atoms with Crippen LogP contribution in [0.15, 0.2) is 29.2 Å². The molecule has 1 atom stereocenters. The molecule has 1 aromatic rings. The molecular weight excluding hydrogens is 503 g/mol. The van der Waals surface area contributed by atoms with E-state index in [2.05, 4.69) is 5.32 Å². The average Bonchev–Trinajstić information content (AvgIpc) is 2.96. The summed E-state index contributed by atoms with van der Waals surface area (Å²) < 4.78 is 9.37. The second-order valence-electron chi connectivity index (χ2n) is 6.61. The second-order valence-corrected chi connectivity index (χ2v) is 10.7. The topological polar surface area (TPSA) is 67.9 Å². The van der Waals surface area contributed by atoms with E-state index >= 15 is 0 Å². The van der Waals surface area contributed by atoms with E-state index in [-0.39, 0.29) is 11.8 Å². The van der Waals surface area contributed by atoms with Crippen LogP contribution < -0.4 is 10.1 Å². The number of carbonyl (C=O) groups excluding carboxylic acids is 2. The summed E-state index contributed by atoms with van der Waals surface area (Å²) in [4.78, 5) is 26.6. The zero-order valence-corrected chi connectivity index (χ0v) is 20.9. The van der Waals surface area contributed by atoms with Crippen LogP contribution in [0.1, 0.15) is 31.7 Å². The highest BCUT2D eigenvalue weighted by atomic mass is 35.6. The first-order valence-electron chi connectivity index (χ1n) is 9.52. The molecule has 2 amide bonds. The Hall–Kier alpha value is -1.03. The fourth-order valence-corrected chi connectivity index (χ4v) is 4.22. The minimum absolute atomic E-state index is 0.124. The van der Waals surface area contributed by atoms with Crippen molar-refractivity contribution in [2.75, 3.05) is 20.3 Å². The van der Waals surface area contributed by atoms with Gasteiger partial charge in [0, 0.05) is 26.7 Å². The number of carbonyl (C=O) groups is 2. The van der Waals surface area contributed by atoms with Gasteiger partial charge in [-0.2, -0.15) is 0 Å². The van der Waals surface area contributed by atoms with Crippen molar-refractivity contribution in [2.24, 2.45) is 0 Å². The van der Waals surface area contributed by atoms with Gasteiger partial charge in [-0.3, -0.25) is 14.5 Å². The van der Waals surface area contributed by atoms with Crippen LogP contribution in [-0.4, -0.2) is 51.3 Å². The van der Waals surface area contributed by atoms with Crippen molar-refractivity contribution in [3.05, 3.63) is 34.7 Å². The lowest BCUT2D eigenvalue weighted by molar-refractivity contribution is -0.124. The third-order valence-electron chi connectivity index (χ3n) is 4.10. The summed E-state index contributed by atoms with van der Waals surface area (Å²) in [6, 6.07) is 6.85. The van der Waals surface area contributed by atoms with Crippen molar-refractivity contribution in [1.29, 1.82) is 0 Å². The first-order valence-corrected chi connectivity index (χ1v) is 11.9. The molecule has 1 unspecified atom stereocenters. The van der Waals surface area contributed by atoms with Crippen molar-refractivity contribution in [3.8, 4) is 5.75 Å². The van der Waals surface area contributed by atoms with Gasteiger partial charge in [0.25, 0.3) is 5.91 Å². The fourth-order valence-electron chi connectivity index (χ4n) is 2.61. The number of hydrogen-bond acceptors (Lipinski definition) is 6. The summed E-state index contributed by atoms with van der Waals surface area (Å²) in [5.74, 6) is 0.00157. The summed E-state index contributed by atoms with van der Waals surface area (Å²) in [5.41, 5.74) is 0.783. The van der Waals surface area contributed by atoms with Crippen LogP contribution >= 0.6 is 58.8 Å². The molecule has 1 aromatic carbocycles. The number of hydrogen-bond donors (Lipinski definition) is 1. The van der Waals surface area contributed by atoms with Gasteiger partial charge in [-0.15, -0.1) is 0 Å². The molecule has 2 rings (SSSR count). The van der Waals surface area contributed by atoms with Crippen LogP contribution in [0, 0.1) is 0 Å². The van der Waals surface area contributed by atoms with Gasteiger partial charge < -0.3 is 14.8 Å². The monoisotopic (exact) mass is 524 g/mol. The number of nitrogens with zero attached hydrogens (tertiary/aromatic N) is 1. The van der Waals surface area contributed by atoms with Gasteiger partial charge in [-0.1, -0.05) is 77.8 Å². The molecule has 1 aliphatic rings. The molecule has 170 valence electrons. The fraction of sp³-hybridized carbons (Fsp3) is 0.450. The van der Waals surface area contributed by atoms with Gasteiger partial charge in [0.15, 0.2) is 0 Å². The number of thiocarbonyl (C=S) groups is 1. The zero-order chi connectivity index (χ0) is 23.0. The number of nitrogens with one attached hydrogen (secondary N) is 1. The lowest BCUT2D eigenvalue weighted by atomic mass is 10.2. The normalized spacial score (nSPS) is 16.7. The number of rotatable bonds is 10. The van der Waals surface area contributed by atoms with Crippen LogP contribution in [0.4, 0.5) is 0 Å². The first-order chi connectivity index (χ1) is 14.7. The Bertz CT molecular complexity index is 829. The lowest BCUT2D eigenvalue weighted by Gasteiger charge is -2.26. The molecular formula is C20H23Cl3N2O4S2. The summed E-state index contributed by atoms with van der Waals surface area (Å²) in [6.07, 6.45) is 2.27. The summed E-state index contributed by atoms with van der Waals surface area (Å²) in [5, 5.41) is 2.57. The van der Waals surface area contributed by atoms with Crippen LogP contribution in [0.2, 0.25) is 0 Å². The largest absolute Gasteiger partial charge is 0.466 e. The summed E-state index contributed by atoms with van der Waals surface area (Å²) in [7, 11) is 1.62. The van der Waals surface area contributed by atoms with Gasteiger partial charge in [0.2, 0.25) is 15.9 Å². The van der Waals surface area contributed by atoms with Gasteiger partial charge in [-0.05, 0) is 36.6 Å². The Kier molecular flexibility index (Phi) is 10.4. The van der Waals surface area contributed by atoms with Crippen LogP contribution in [0.3, 0.4) is 0 Å². The zero-order valence-electron chi connectivity index (χ0n) is 17.0. The van der Waals surface area contributed by atoms with Gasteiger partial charge >= 0.3 is 0 Å². The SMILES string of the molecule is CCCC(=O)NC(Oc1ccc(/C=C2\SC(=S)N(CCCOC)C2=O)cc1)C(Cl)(Cl)Cl. The maximum Gasteiger partial charge on any atom is 0.266 e. The molecule has 11 heteroatoms. The molecule has 1 aliphatic heterocycles. The van der Waals surface area contributed by atoms with Crippen molar-refractivity contribution < 1.29 is 19.1 Å². The molecule has 0 radical (unpaired) electrons. The molecule has 31 heavy (non-hydrogen) atoms. The Labute approximate surface area is 206 Å².